The summed E-state index contributed by atoms with van der Waals surface area (Å²) in [5.41, 5.74) is 0.571. The second-order valence-corrected chi connectivity index (χ2v) is 4.22. The molecule has 0 bridgehead atoms. The Kier molecular flexibility index (Phi) is 2.44. The van der Waals surface area contributed by atoms with Crippen LogP contribution in [0.4, 0.5) is 0 Å². The van der Waals surface area contributed by atoms with Crippen molar-refractivity contribution in [3.05, 3.63) is 42.4 Å². The van der Waals surface area contributed by atoms with Crippen molar-refractivity contribution in [3.63, 3.8) is 0 Å². The third kappa shape index (κ3) is 1.95. The summed E-state index contributed by atoms with van der Waals surface area (Å²) in [7, 11) is 0. The number of rotatable bonds is 2. The van der Waals surface area contributed by atoms with Crippen LogP contribution in [0.25, 0.3) is 0 Å². The highest BCUT2D eigenvalue weighted by Gasteiger charge is 2.20. The number of aromatic nitrogens is 2. The summed E-state index contributed by atoms with van der Waals surface area (Å²) < 4.78 is 6.98. The molecule has 1 aliphatic rings. The van der Waals surface area contributed by atoms with Gasteiger partial charge in [-0.25, -0.2) is 4.98 Å². The van der Waals surface area contributed by atoms with Crippen LogP contribution in [0.15, 0.2) is 35.4 Å². The standard InChI is InChI=1S/C12H13N3O2/c16-12(9-3-6-17-8-9)14-10-1-2-11-13-4-5-15(11)7-10/h3-6,8,10H,1-2,7H2,(H,14,16)/t10-/m0/s1. The Morgan fingerprint density at radius 2 is 2.53 bits per heavy atom. The van der Waals surface area contributed by atoms with E-state index in [2.05, 4.69) is 14.9 Å². The smallest absolute Gasteiger partial charge is 0.254 e. The second-order valence-electron chi connectivity index (χ2n) is 4.22. The third-order valence-corrected chi connectivity index (χ3v) is 3.05. The lowest BCUT2D eigenvalue weighted by Crippen LogP contribution is -2.40. The molecule has 5 heteroatoms. The van der Waals surface area contributed by atoms with Gasteiger partial charge in [0, 0.05) is 31.4 Å². The Bertz CT molecular complexity index is 516. The van der Waals surface area contributed by atoms with Gasteiger partial charge in [-0.15, -0.1) is 0 Å². The van der Waals surface area contributed by atoms with Crippen molar-refractivity contribution in [2.24, 2.45) is 0 Å². The lowest BCUT2D eigenvalue weighted by Gasteiger charge is -2.24. The van der Waals surface area contributed by atoms with Gasteiger partial charge in [-0.1, -0.05) is 0 Å². The Balaban J connectivity index is 1.66. The van der Waals surface area contributed by atoms with Crippen molar-refractivity contribution < 1.29 is 9.21 Å². The fourth-order valence-corrected chi connectivity index (χ4v) is 2.15. The maximum absolute atomic E-state index is 11.8. The number of hydrogen-bond donors (Lipinski definition) is 1. The minimum absolute atomic E-state index is 0.0766. The van der Waals surface area contributed by atoms with Crippen LogP contribution >= 0.6 is 0 Å². The molecule has 1 aliphatic heterocycles. The van der Waals surface area contributed by atoms with E-state index in [9.17, 15) is 4.79 Å². The fourth-order valence-electron chi connectivity index (χ4n) is 2.15. The first kappa shape index (κ1) is 10.1. The first-order valence-electron chi connectivity index (χ1n) is 5.66. The third-order valence-electron chi connectivity index (χ3n) is 3.05. The maximum atomic E-state index is 11.8. The first-order valence-corrected chi connectivity index (χ1v) is 5.66. The molecule has 2 aromatic rings. The van der Waals surface area contributed by atoms with Crippen LogP contribution in [0.5, 0.6) is 0 Å². The lowest BCUT2D eigenvalue weighted by atomic mass is 10.1. The van der Waals surface area contributed by atoms with Crippen LogP contribution in [0.1, 0.15) is 22.6 Å². The van der Waals surface area contributed by atoms with Crippen molar-refractivity contribution in [1.29, 1.82) is 0 Å². The summed E-state index contributed by atoms with van der Waals surface area (Å²) in [6, 6.07) is 1.83. The normalized spacial score (nSPS) is 18.7. The minimum Gasteiger partial charge on any atom is -0.472 e. The number of nitrogens with zero attached hydrogens (tertiary/aromatic N) is 2. The highest BCUT2D eigenvalue weighted by molar-refractivity contribution is 5.93. The molecule has 1 amide bonds. The molecule has 0 saturated heterocycles. The molecule has 1 N–H and O–H groups in total. The summed E-state index contributed by atoms with van der Waals surface area (Å²) in [6.45, 7) is 0.791. The van der Waals surface area contributed by atoms with Crippen LogP contribution < -0.4 is 5.32 Å². The van der Waals surface area contributed by atoms with Crippen LogP contribution in [0.3, 0.4) is 0 Å². The summed E-state index contributed by atoms with van der Waals surface area (Å²) in [5.74, 6) is 1.02. The lowest BCUT2D eigenvalue weighted by molar-refractivity contribution is 0.0927. The molecule has 17 heavy (non-hydrogen) atoms. The van der Waals surface area contributed by atoms with Gasteiger partial charge in [0.05, 0.1) is 11.8 Å². The minimum atomic E-state index is -0.0766. The van der Waals surface area contributed by atoms with Gasteiger partial charge in [0.25, 0.3) is 5.91 Å². The van der Waals surface area contributed by atoms with Gasteiger partial charge in [-0.2, -0.15) is 0 Å². The Morgan fingerprint density at radius 3 is 3.35 bits per heavy atom. The van der Waals surface area contributed by atoms with E-state index < -0.39 is 0 Å². The van der Waals surface area contributed by atoms with Crippen molar-refractivity contribution in [2.45, 2.75) is 25.4 Å². The number of nitrogens with one attached hydrogen (secondary N) is 1. The van der Waals surface area contributed by atoms with E-state index in [0.29, 0.717) is 5.56 Å². The van der Waals surface area contributed by atoms with E-state index in [1.54, 1.807) is 12.3 Å². The van der Waals surface area contributed by atoms with E-state index in [-0.39, 0.29) is 11.9 Å². The highest BCUT2D eigenvalue weighted by atomic mass is 16.3. The Morgan fingerprint density at radius 1 is 1.59 bits per heavy atom. The molecule has 1 atom stereocenters. The van der Waals surface area contributed by atoms with Gasteiger partial charge in [-0.05, 0) is 12.5 Å². The van der Waals surface area contributed by atoms with E-state index in [1.165, 1.54) is 12.5 Å². The molecule has 5 nitrogen and oxygen atoms in total. The zero-order valence-electron chi connectivity index (χ0n) is 9.30. The van der Waals surface area contributed by atoms with Crippen LogP contribution in [-0.2, 0) is 13.0 Å². The molecule has 3 heterocycles. The van der Waals surface area contributed by atoms with E-state index in [0.717, 1.165) is 25.2 Å². The number of hydrogen-bond acceptors (Lipinski definition) is 3. The Labute approximate surface area is 98.5 Å². The Hall–Kier alpha value is -2.04. The summed E-state index contributed by atoms with van der Waals surface area (Å²) in [5, 5.41) is 3.00. The topological polar surface area (TPSA) is 60.1 Å². The first-order chi connectivity index (χ1) is 8.33. The van der Waals surface area contributed by atoms with Crippen LogP contribution in [0, 0.1) is 0 Å². The van der Waals surface area contributed by atoms with Crippen molar-refractivity contribution in [2.75, 3.05) is 0 Å². The molecule has 3 rings (SSSR count). The van der Waals surface area contributed by atoms with E-state index in [4.69, 9.17) is 4.42 Å². The largest absolute Gasteiger partial charge is 0.472 e. The maximum Gasteiger partial charge on any atom is 0.254 e. The van der Waals surface area contributed by atoms with Gasteiger partial charge in [0.2, 0.25) is 0 Å². The average molecular weight is 231 g/mol. The van der Waals surface area contributed by atoms with Crippen molar-refractivity contribution >= 4 is 5.91 Å². The number of amides is 1. The number of carbonyl (C=O) groups excluding carboxylic acids is 1. The fraction of sp³-hybridized carbons (Fsp3) is 0.333. The number of imidazole rings is 1. The van der Waals surface area contributed by atoms with Crippen LogP contribution in [-0.4, -0.2) is 21.5 Å². The van der Waals surface area contributed by atoms with E-state index in [1.807, 2.05) is 6.20 Å². The molecule has 0 spiro atoms. The molecule has 88 valence electrons. The van der Waals surface area contributed by atoms with Gasteiger partial charge < -0.3 is 14.3 Å². The van der Waals surface area contributed by atoms with Gasteiger partial charge in [0.15, 0.2) is 0 Å². The SMILES string of the molecule is O=C(N[C@H]1CCc2nccn2C1)c1ccoc1. The zero-order valence-corrected chi connectivity index (χ0v) is 9.30. The molecule has 0 fully saturated rings. The molecule has 2 aromatic heterocycles. The molecule has 0 unspecified atom stereocenters. The van der Waals surface area contributed by atoms with E-state index >= 15 is 0 Å². The zero-order chi connectivity index (χ0) is 11.7. The molecule has 0 aromatic carbocycles. The number of aryl methyl sites for hydroxylation is 1. The predicted octanol–water partition coefficient (Wildman–Crippen LogP) is 1.22. The second kappa shape index (κ2) is 4.08. The predicted molar refractivity (Wildman–Crippen MR) is 60.5 cm³/mol. The summed E-state index contributed by atoms with van der Waals surface area (Å²) in [6.07, 6.45) is 8.55. The number of carbonyl (C=O) groups is 1. The van der Waals surface area contributed by atoms with Gasteiger partial charge in [0.1, 0.15) is 12.1 Å². The number of furan rings is 1. The van der Waals surface area contributed by atoms with Crippen molar-refractivity contribution in [3.8, 4) is 0 Å². The number of fused-ring (bicyclic) bond motifs is 1. The van der Waals surface area contributed by atoms with Gasteiger partial charge >= 0.3 is 0 Å². The molecular weight excluding hydrogens is 218 g/mol. The summed E-state index contributed by atoms with van der Waals surface area (Å²) >= 11 is 0. The van der Waals surface area contributed by atoms with Crippen LogP contribution in [0.2, 0.25) is 0 Å². The molecule has 0 aliphatic carbocycles. The average Bonchev–Trinajstić information content (AvgIpc) is 2.99. The quantitative estimate of drug-likeness (QED) is 0.845. The molecule has 0 radical (unpaired) electrons. The van der Waals surface area contributed by atoms with Gasteiger partial charge in [-0.3, -0.25) is 4.79 Å². The highest BCUT2D eigenvalue weighted by Crippen LogP contribution is 2.13. The van der Waals surface area contributed by atoms with Crippen molar-refractivity contribution in [1.82, 2.24) is 14.9 Å². The summed E-state index contributed by atoms with van der Waals surface area (Å²) in [4.78, 5) is 16.1. The monoisotopic (exact) mass is 231 g/mol. The molecule has 0 saturated carbocycles. The molecular formula is C12H13N3O2.